The third-order valence-electron chi connectivity index (χ3n) is 7.41. The number of carbonyl (C=O) groups is 1. The van der Waals surface area contributed by atoms with Gasteiger partial charge in [-0.1, -0.05) is 51.1 Å². The van der Waals surface area contributed by atoms with Crippen molar-refractivity contribution >= 4 is 28.2 Å². The molecule has 3 aromatic rings. The molecular formula is C31H41N3O4. The summed E-state index contributed by atoms with van der Waals surface area (Å²) in [7, 11) is 1.61. The van der Waals surface area contributed by atoms with Crippen LogP contribution in [0.2, 0.25) is 0 Å². The number of benzene rings is 3. The molecule has 3 aromatic carbocycles. The first-order chi connectivity index (χ1) is 18.2. The Morgan fingerprint density at radius 2 is 1.63 bits per heavy atom. The number of methoxy groups -OCH3 is 1. The SMILES string of the molecule is CCC(C)(C)c1ccc(OC)c(NC(=O)Nc2ccc(OCCN3CC(C)OC(C)C3)c3ccccc23)c1. The second-order valence-electron chi connectivity index (χ2n) is 10.8. The van der Waals surface area contributed by atoms with Gasteiger partial charge < -0.3 is 24.8 Å². The molecular weight excluding hydrogens is 478 g/mol. The van der Waals surface area contributed by atoms with E-state index in [0.29, 0.717) is 23.7 Å². The summed E-state index contributed by atoms with van der Waals surface area (Å²) >= 11 is 0. The molecule has 204 valence electrons. The van der Waals surface area contributed by atoms with E-state index in [2.05, 4.69) is 56.2 Å². The summed E-state index contributed by atoms with van der Waals surface area (Å²) < 4.78 is 17.5. The third kappa shape index (κ3) is 6.58. The van der Waals surface area contributed by atoms with E-state index in [4.69, 9.17) is 14.2 Å². The van der Waals surface area contributed by atoms with Crippen LogP contribution in [0.5, 0.6) is 11.5 Å². The van der Waals surface area contributed by atoms with E-state index in [0.717, 1.165) is 48.1 Å². The number of nitrogens with zero attached hydrogens (tertiary/aromatic N) is 1. The van der Waals surface area contributed by atoms with Gasteiger partial charge in [0.25, 0.3) is 0 Å². The number of hydrogen-bond donors (Lipinski definition) is 2. The zero-order chi connectivity index (χ0) is 27.3. The lowest BCUT2D eigenvalue weighted by atomic mass is 9.82. The molecule has 0 saturated carbocycles. The molecule has 2 atom stereocenters. The molecule has 0 bridgehead atoms. The lowest BCUT2D eigenvalue weighted by Gasteiger charge is -2.35. The highest BCUT2D eigenvalue weighted by Gasteiger charge is 2.22. The van der Waals surface area contributed by atoms with Crippen molar-refractivity contribution in [3.63, 3.8) is 0 Å². The highest BCUT2D eigenvalue weighted by Crippen LogP contribution is 2.35. The van der Waals surface area contributed by atoms with E-state index in [-0.39, 0.29) is 23.7 Å². The van der Waals surface area contributed by atoms with Crippen molar-refractivity contribution in [1.82, 2.24) is 4.90 Å². The zero-order valence-corrected chi connectivity index (χ0v) is 23.5. The van der Waals surface area contributed by atoms with Crippen LogP contribution in [0.4, 0.5) is 16.2 Å². The molecule has 0 aliphatic carbocycles. The predicted molar refractivity (Wildman–Crippen MR) is 155 cm³/mol. The van der Waals surface area contributed by atoms with Crippen molar-refractivity contribution in [2.75, 3.05) is 44.0 Å². The summed E-state index contributed by atoms with van der Waals surface area (Å²) in [6, 6.07) is 17.4. The van der Waals surface area contributed by atoms with Crippen molar-refractivity contribution < 1.29 is 19.0 Å². The smallest absolute Gasteiger partial charge is 0.323 e. The molecule has 7 heteroatoms. The van der Waals surface area contributed by atoms with Gasteiger partial charge in [-0.25, -0.2) is 4.79 Å². The average Bonchev–Trinajstić information content (AvgIpc) is 2.89. The molecule has 7 nitrogen and oxygen atoms in total. The number of anilines is 2. The quantitative estimate of drug-likeness (QED) is 0.330. The standard InChI is InChI=1S/C31H41N3O4/c1-7-31(4,5)23-12-14-29(36-6)27(18-23)33-30(35)32-26-13-15-28(25-11-9-8-10-24(25)26)37-17-16-34-19-21(2)38-22(3)20-34/h8-15,18,21-22H,7,16-17,19-20H2,1-6H3,(H2,32,33,35). The zero-order valence-electron chi connectivity index (χ0n) is 23.5. The van der Waals surface area contributed by atoms with Crippen LogP contribution in [0.1, 0.15) is 46.6 Å². The number of urea groups is 1. The molecule has 1 heterocycles. The van der Waals surface area contributed by atoms with Gasteiger partial charge in [-0.15, -0.1) is 0 Å². The van der Waals surface area contributed by atoms with Crippen molar-refractivity contribution in [3.8, 4) is 11.5 Å². The van der Waals surface area contributed by atoms with Crippen molar-refractivity contribution in [3.05, 3.63) is 60.2 Å². The first kappa shape index (κ1) is 27.7. The van der Waals surface area contributed by atoms with Gasteiger partial charge in [0, 0.05) is 30.4 Å². The largest absolute Gasteiger partial charge is 0.495 e. The highest BCUT2D eigenvalue weighted by molar-refractivity contribution is 6.08. The number of nitrogens with one attached hydrogen (secondary N) is 2. The second kappa shape index (κ2) is 12.0. The van der Waals surface area contributed by atoms with Crippen LogP contribution in [-0.4, -0.2) is 56.5 Å². The predicted octanol–water partition coefficient (Wildman–Crippen LogP) is 6.67. The van der Waals surface area contributed by atoms with Gasteiger partial charge in [0.2, 0.25) is 0 Å². The van der Waals surface area contributed by atoms with Gasteiger partial charge in [0.15, 0.2) is 0 Å². The molecule has 0 spiro atoms. The lowest BCUT2D eigenvalue weighted by Crippen LogP contribution is -2.46. The Labute approximate surface area is 226 Å². The Balaban J connectivity index is 1.46. The van der Waals surface area contributed by atoms with Crippen molar-refractivity contribution in [2.45, 2.75) is 58.7 Å². The van der Waals surface area contributed by atoms with Crippen molar-refractivity contribution in [2.24, 2.45) is 0 Å². The van der Waals surface area contributed by atoms with E-state index in [9.17, 15) is 4.79 Å². The van der Waals surface area contributed by atoms with E-state index in [1.54, 1.807) is 7.11 Å². The number of amides is 2. The highest BCUT2D eigenvalue weighted by atomic mass is 16.5. The summed E-state index contributed by atoms with van der Waals surface area (Å²) in [6.45, 7) is 14.0. The molecule has 0 radical (unpaired) electrons. The topological polar surface area (TPSA) is 72.1 Å². The number of ether oxygens (including phenoxy) is 3. The molecule has 1 fully saturated rings. The Kier molecular flexibility index (Phi) is 8.80. The lowest BCUT2D eigenvalue weighted by molar-refractivity contribution is -0.0699. The second-order valence-corrected chi connectivity index (χ2v) is 10.8. The fourth-order valence-electron chi connectivity index (χ4n) is 4.96. The molecule has 2 N–H and O–H groups in total. The number of morpholine rings is 1. The monoisotopic (exact) mass is 519 g/mol. The Bertz CT molecular complexity index is 1250. The summed E-state index contributed by atoms with van der Waals surface area (Å²) in [5, 5.41) is 7.87. The number of hydrogen-bond acceptors (Lipinski definition) is 5. The van der Waals surface area contributed by atoms with Crippen LogP contribution < -0.4 is 20.1 Å². The molecule has 1 aliphatic rings. The molecule has 1 saturated heterocycles. The van der Waals surface area contributed by atoms with Gasteiger partial charge in [-0.3, -0.25) is 4.90 Å². The summed E-state index contributed by atoms with van der Waals surface area (Å²) in [4.78, 5) is 15.5. The third-order valence-corrected chi connectivity index (χ3v) is 7.41. The van der Waals surface area contributed by atoms with E-state index in [1.165, 1.54) is 0 Å². The molecule has 38 heavy (non-hydrogen) atoms. The van der Waals surface area contributed by atoms with Gasteiger partial charge in [-0.05, 0) is 55.5 Å². The Hall–Kier alpha value is -3.29. The van der Waals surface area contributed by atoms with Gasteiger partial charge in [0.1, 0.15) is 18.1 Å². The average molecular weight is 520 g/mol. The maximum atomic E-state index is 13.1. The molecule has 1 aliphatic heterocycles. The van der Waals surface area contributed by atoms with Crippen LogP contribution in [0.3, 0.4) is 0 Å². The minimum atomic E-state index is -0.330. The Morgan fingerprint density at radius 3 is 2.32 bits per heavy atom. The van der Waals surface area contributed by atoms with Crippen LogP contribution in [0.15, 0.2) is 54.6 Å². The minimum Gasteiger partial charge on any atom is -0.495 e. The van der Waals surface area contributed by atoms with E-state index < -0.39 is 0 Å². The fourth-order valence-corrected chi connectivity index (χ4v) is 4.96. The summed E-state index contributed by atoms with van der Waals surface area (Å²) in [5.74, 6) is 1.42. The maximum absolute atomic E-state index is 13.1. The number of carbonyl (C=O) groups excluding carboxylic acids is 1. The maximum Gasteiger partial charge on any atom is 0.323 e. The van der Waals surface area contributed by atoms with Crippen LogP contribution in [-0.2, 0) is 10.2 Å². The summed E-state index contributed by atoms with van der Waals surface area (Å²) in [5.41, 5.74) is 2.48. The van der Waals surface area contributed by atoms with Gasteiger partial charge in [0.05, 0.1) is 30.7 Å². The minimum absolute atomic E-state index is 0.0104. The number of fused-ring (bicyclic) bond motifs is 1. The molecule has 4 rings (SSSR count). The normalized spacial score (nSPS) is 18.3. The molecule has 2 amide bonds. The van der Waals surface area contributed by atoms with Crippen LogP contribution >= 0.6 is 0 Å². The molecule has 2 unspecified atom stereocenters. The first-order valence-electron chi connectivity index (χ1n) is 13.5. The van der Waals surface area contributed by atoms with Gasteiger partial charge in [-0.2, -0.15) is 0 Å². The fraction of sp³-hybridized carbons (Fsp3) is 0.452. The van der Waals surface area contributed by atoms with E-state index >= 15 is 0 Å². The summed E-state index contributed by atoms with van der Waals surface area (Å²) in [6.07, 6.45) is 1.45. The van der Waals surface area contributed by atoms with Crippen molar-refractivity contribution in [1.29, 1.82) is 0 Å². The number of rotatable bonds is 9. The van der Waals surface area contributed by atoms with E-state index in [1.807, 2.05) is 48.5 Å². The Morgan fingerprint density at radius 1 is 0.974 bits per heavy atom. The first-order valence-corrected chi connectivity index (χ1v) is 13.5. The van der Waals surface area contributed by atoms with Gasteiger partial charge >= 0.3 is 6.03 Å². The van der Waals surface area contributed by atoms with Crippen LogP contribution in [0.25, 0.3) is 10.8 Å². The van der Waals surface area contributed by atoms with Crippen LogP contribution in [0, 0.1) is 0 Å². The molecule has 0 aromatic heterocycles.